The van der Waals surface area contributed by atoms with Crippen molar-refractivity contribution < 1.29 is 18.9 Å². The Hall–Kier alpha value is -2.66. The minimum absolute atomic E-state index is 0.708. The van der Waals surface area contributed by atoms with E-state index in [0.29, 0.717) is 11.5 Å². The first-order chi connectivity index (χ1) is 13.0. The van der Waals surface area contributed by atoms with Crippen molar-refractivity contribution in [1.29, 1.82) is 0 Å². The number of hydrogen-bond donors (Lipinski definition) is 0. The lowest BCUT2D eigenvalue weighted by atomic mass is 10.0. The van der Waals surface area contributed by atoms with Gasteiger partial charge in [-0.05, 0) is 61.5 Å². The van der Waals surface area contributed by atoms with Crippen LogP contribution in [0.1, 0.15) is 16.7 Å². The normalized spacial score (nSPS) is 11.1. The Morgan fingerprint density at radius 1 is 0.741 bits per heavy atom. The van der Waals surface area contributed by atoms with Crippen LogP contribution >= 0.6 is 0 Å². The van der Waals surface area contributed by atoms with E-state index in [1.54, 1.807) is 28.4 Å². The standard InChI is InChI=1S/C22H29NO4/c1-23(2)12-11-18-15-22(27-6)21(26-5)14-17(18)9-7-16-8-10-19(24-3)20(13-16)25-4/h7-10,13-15H,11-12H2,1-6H3. The largest absolute Gasteiger partial charge is 0.493 e. The molecule has 5 nitrogen and oxygen atoms in total. The van der Waals surface area contributed by atoms with Gasteiger partial charge in [0.05, 0.1) is 28.4 Å². The summed E-state index contributed by atoms with van der Waals surface area (Å²) in [6.45, 7) is 0.951. The highest BCUT2D eigenvalue weighted by Crippen LogP contribution is 2.33. The average molecular weight is 371 g/mol. The molecule has 27 heavy (non-hydrogen) atoms. The summed E-state index contributed by atoms with van der Waals surface area (Å²) in [4.78, 5) is 2.17. The topological polar surface area (TPSA) is 40.2 Å². The van der Waals surface area contributed by atoms with E-state index in [1.807, 2.05) is 24.3 Å². The van der Waals surface area contributed by atoms with Gasteiger partial charge in [-0.1, -0.05) is 18.2 Å². The Morgan fingerprint density at radius 2 is 1.33 bits per heavy atom. The summed E-state index contributed by atoms with van der Waals surface area (Å²) in [5.41, 5.74) is 3.34. The van der Waals surface area contributed by atoms with Crippen LogP contribution in [-0.2, 0) is 6.42 Å². The molecule has 2 aromatic carbocycles. The molecule has 0 heterocycles. The van der Waals surface area contributed by atoms with Gasteiger partial charge in [-0.2, -0.15) is 0 Å². The number of rotatable bonds is 9. The van der Waals surface area contributed by atoms with Crippen LogP contribution in [0.15, 0.2) is 30.3 Å². The van der Waals surface area contributed by atoms with E-state index in [4.69, 9.17) is 18.9 Å². The summed E-state index contributed by atoms with van der Waals surface area (Å²) >= 11 is 0. The molecule has 0 atom stereocenters. The molecule has 0 bridgehead atoms. The highest BCUT2D eigenvalue weighted by Gasteiger charge is 2.10. The molecule has 0 radical (unpaired) electrons. The summed E-state index contributed by atoms with van der Waals surface area (Å²) in [7, 11) is 10.7. The molecule has 0 saturated carbocycles. The molecule has 146 valence electrons. The van der Waals surface area contributed by atoms with E-state index >= 15 is 0 Å². The quantitative estimate of drug-likeness (QED) is 0.623. The first-order valence-electron chi connectivity index (χ1n) is 8.82. The van der Waals surface area contributed by atoms with E-state index in [0.717, 1.165) is 35.6 Å². The molecule has 0 saturated heterocycles. The van der Waals surface area contributed by atoms with Crippen molar-refractivity contribution >= 4 is 12.2 Å². The highest BCUT2D eigenvalue weighted by molar-refractivity contribution is 5.74. The zero-order chi connectivity index (χ0) is 19.8. The molecule has 2 rings (SSSR count). The molecule has 0 aliphatic rings. The van der Waals surface area contributed by atoms with Crippen molar-refractivity contribution in [2.24, 2.45) is 0 Å². The fraction of sp³-hybridized carbons (Fsp3) is 0.364. The molecule has 0 N–H and O–H groups in total. The molecule has 5 heteroatoms. The minimum Gasteiger partial charge on any atom is -0.493 e. The number of methoxy groups -OCH3 is 4. The lowest BCUT2D eigenvalue weighted by Gasteiger charge is -2.15. The van der Waals surface area contributed by atoms with Crippen molar-refractivity contribution in [3.8, 4) is 23.0 Å². The zero-order valence-corrected chi connectivity index (χ0v) is 17.0. The van der Waals surface area contributed by atoms with E-state index in [-0.39, 0.29) is 0 Å². The Bertz CT molecular complexity index is 784. The van der Waals surface area contributed by atoms with Gasteiger partial charge >= 0.3 is 0 Å². The van der Waals surface area contributed by atoms with Crippen LogP contribution in [-0.4, -0.2) is 54.0 Å². The number of benzene rings is 2. The van der Waals surface area contributed by atoms with E-state index in [2.05, 4.69) is 37.2 Å². The number of hydrogen-bond acceptors (Lipinski definition) is 5. The van der Waals surface area contributed by atoms with Crippen molar-refractivity contribution in [3.63, 3.8) is 0 Å². The predicted molar refractivity (Wildman–Crippen MR) is 110 cm³/mol. The van der Waals surface area contributed by atoms with Crippen LogP contribution in [0.2, 0.25) is 0 Å². The van der Waals surface area contributed by atoms with E-state index < -0.39 is 0 Å². The lowest BCUT2D eigenvalue weighted by Crippen LogP contribution is -2.15. The van der Waals surface area contributed by atoms with Gasteiger partial charge in [0.1, 0.15) is 0 Å². The van der Waals surface area contributed by atoms with Crippen LogP contribution in [0, 0.1) is 0 Å². The van der Waals surface area contributed by atoms with Gasteiger partial charge in [0, 0.05) is 6.54 Å². The number of nitrogens with zero attached hydrogens (tertiary/aromatic N) is 1. The molecule has 0 aliphatic carbocycles. The minimum atomic E-state index is 0.708. The van der Waals surface area contributed by atoms with E-state index in [9.17, 15) is 0 Å². The van der Waals surface area contributed by atoms with Gasteiger partial charge in [-0.15, -0.1) is 0 Å². The number of ether oxygens (including phenoxy) is 4. The molecule has 0 fully saturated rings. The van der Waals surface area contributed by atoms with Crippen LogP contribution in [0.4, 0.5) is 0 Å². The van der Waals surface area contributed by atoms with E-state index in [1.165, 1.54) is 5.56 Å². The Labute approximate surface area is 162 Å². The van der Waals surface area contributed by atoms with Gasteiger partial charge in [0.25, 0.3) is 0 Å². The van der Waals surface area contributed by atoms with Crippen LogP contribution in [0.25, 0.3) is 12.2 Å². The Morgan fingerprint density at radius 3 is 1.93 bits per heavy atom. The first kappa shape index (κ1) is 20.6. The summed E-state index contributed by atoms with van der Waals surface area (Å²) in [5, 5.41) is 0. The predicted octanol–water partition coefficient (Wildman–Crippen LogP) is 4.00. The molecule has 0 unspecified atom stereocenters. The summed E-state index contributed by atoms with van der Waals surface area (Å²) in [6, 6.07) is 9.92. The third-order valence-electron chi connectivity index (χ3n) is 4.34. The van der Waals surface area contributed by atoms with Gasteiger partial charge in [-0.3, -0.25) is 0 Å². The zero-order valence-electron chi connectivity index (χ0n) is 17.0. The van der Waals surface area contributed by atoms with Crippen molar-refractivity contribution in [1.82, 2.24) is 4.90 Å². The van der Waals surface area contributed by atoms with Crippen LogP contribution < -0.4 is 18.9 Å². The fourth-order valence-electron chi connectivity index (χ4n) is 2.80. The van der Waals surface area contributed by atoms with Gasteiger partial charge in [0.15, 0.2) is 23.0 Å². The third-order valence-corrected chi connectivity index (χ3v) is 4.34. The summed E-state index contributed by atoms with van der Waals surface area (Å²) in [6.07, 6.45) is 5.07. The fourth-order valence-corrected chi connectivity index (χ4v) is 2.80. The summed E-state index contributed by atoms with van der Waals surface area (Å²) in [5.74, 6) is 2.89. The van der Waals surface area contributed by atoms with Crippen molar-refractivity contribution in [3.05, 3.63) is 47.0 Å². The lowest BCUT2D eigenvalue weighted by molar-refractivity contribution is 0.354. The second-order valence-corrected chi connectivity index (χ2v) is 6.41. The van der Waals surface area contributed by atoms with Crippen LogP contribution in [0.5, 0.6) is 23.0 Å². The van der Waals surface area contributed by atoms with Crippen molar-refractivity contribution in [2.75, 3.05) is 49.1 Å². The maximum atomic E-state index is 5.47. The maximum Gasteiger partial charge on any atom is 0.161 e. The Kier molecular flexibility index (Phi) is 7.55. The van der Waals surface area contributed by atoms with Crippen LogP contribution in [0.3, 0.4) is 0 Å². The molecule has 0 aliphatic heterocycles. The van der Waals surface area contributed by atoms with Gasteiger partial charge in [0.2, 0.25) is 0 Å². The molecule has 0 aromatic heterocycles. The van der Waals surface area contributed by atoms with Gasteiger partial charge < -0.3 is 23.8 Å². The Balaban J connectivity index is 2.38. The number of likely N-dealkylation sites (N-methyl/N-ethyl adjacent to an activating group) is 1. The summed E-state index contributed by atoms with van der Waals surface area (Å²) < 4.78 is 21.6. The third kappa shape index (κ3) is 5.41. The van der Waals surface area contributed by atoms with Gasteiger partial charge in [-0.25, -0.2) is 0 Å². The average Bonchev–Trinajstić information content (AvgIpc) is 2.69. The molecule has 0 amide bonds. The second kappa shape index (κ2) is 9.88. The highest BCUT2D eigenvalue weighted by atomic mass is 16.5. The molecular weight excluding hydrogens is 342 g/mol. The molecule has 0 spiro atoms. The molecular formula is C22H29NO4. The van der Waals surface area contributed by atoms with Crippen molar-refractivity contribution in [2.45, 2.75) is 6.42 Å². The monoisotopic (exact) mass is 371 g/mol. The SMILES string of the molecule is COc1ccc(C=Cc2cc(OC)c(OC)cc2CCN(C)C)cc1OC. The first-order valence-corrected chi connectivity index (χ1v) is 8.82. The smallest absolute Gasteiger partial charge is 0.161 e. The second-order valence-electron chi connectivity index (χ2n) is 6.41. The maximum absolute atomic E-state index is 5.47. The molecule has 2 aromatic rings.